The van der Waals surface area contributed by atoms with Crippen LogP contribution in [0.4, 0.5) is 0 Å². The largest absolute Gasteiger partial charge is 0.348 e. The van der Waals surface area contributed by atoms with Crippen LogP contribution >= 0.6 is 0 Å². The first-order valence-corrected chi connectivity index (χ1v) is 4.60. The summed E-state index contributed by atoms with van der Waals surface area (Å²) >= 11 is 0. The average Bonchev–Trinajstić information content (AvgIpc) is 2.77. The first-order valence-electron chi connectivity index (χ1n) is 4.60. The summed E-state index contributed by atoms with van der Waals surface area (Å²) < 4.78 is 0. The van der Waals surface area contributed by atoms with Crippen LogP contribution in [0.15, 0.2) is 12.4 Å². The Balaban J connectivity index is 2.04. The van der Waals surface area contributed by atoms with E-state index >= 15 is 0 Å². The normalized spacial score (nSPS) is 25.9. The van der Waals surface area contributed by atoms with Gasteiger partial charge in [0.1, 0.15) is 5.82 Å². The van der Waals surface area contributed by atoms with Crippen molar-refractivity contribution >= 4 is 0 Å². The number of hydrogen-bond donors (Lipinski definition) is 2. The van der Waals surface area contributed by atoms with Gasteiger partial charge in [0.2, 0.25) is 0 Å². The molecule has 0 amide bonds. The Hall–Kier alpha value is -0.830. The second-order valence-electron chi connectivity index (χ2n) is 3.47. The van der Waals surface area contributed by atoms with Crippen LogP contribution in [-0.4, -0.2) is 22.6 Å². The standard InChI is InChI=1S/C9H15N3/c1-7(8-3-2-4-10-8)9-11-5-6-12-9/h5-8,10H,2-4H2,1H3,(H,11,12). The summed E-state index contributed by atoms with van der Waals surface area (Å²) in [7, 11) is 0. The molecule has 0 aliphatic carbocycles. The Kier molecular flexibility index (Phi) is 2.13. The molecule has 0 spiro atoms. The lowest BCUT2D eigenvalue weighted by Crippen LogP contribution is -2.27. The third-order valence-electron chi connectivity index (χ3n) is 2.65. The van der Waals surface area contributed by atoms with E-state index in [1.54, 1.807) is 0 Å². The predicted molar refractivity (Wildman–Crippen MR) is 48.0 cm³/mol. The number of rotatable bonds is 2. The summed E-state index contributed by atoms with van der Waals surface area (Å²) in [6, 6.07) is 0.621. The minimum Gasteiger partial charge on any atom is -0.348 e. The molecule has 2 rings (SSSR count). The number of aromatic nitrogens is 2. The quantitative estimate of drug-likeness (QED) is 0.692. The molecule has 2 N–H and O–H groups in total. The summed E-state index contributed by atoms with van der Waals surface area (Å²) in [4.78, 5) is 7.43. The zero-order valence-corrected chi connectivity index (χ0v) is 7.38. The van der Waals surface area contributed by atoms with Crippen LogP contribution in [0.3, 0.4) is 0 Å². The van der Waals surface area contributed by atoms with Crippen molar-refractivity contribution in [2.24, 2.45) is 0 Å². The Morgan fingerprint density at radius 3 is 3.17 bits per heavy atom. The van der Waals surface area contributed by atoms with Crippen LogP contribution in [0.5, 0.6) is 0 Å². The van der Waals surface area contributed by atoms with Gasteiger partial charge in [-0.05, 0) is 19.4 Å². The fourth-order valence-corrected chi connectivity index (χ4v) is 1.86. The molecule has 2 atom stereocenters. The summed E-state index contributed by atoms with van der Waals surface area (Å²) in [5.41, 5.74) is 0. The Morgan fingerprint density at radius 1 is 1.67 bits per heavy atom. The van der Waals surface area contributed by atoms with Gasteiger partial charge in [-0.2, -0.15) is 0 Å². The maximum absolute atomic E-state index is 4.27. The van der Waals surface area contributed by atoms with Crippen molar-refractivity contribution in [3.63, 3.8) is 0 Å². The molecule has 1 aliphatic rings. The van der Waals surface area contributed by atoms with Crippen molar-refractivity contribution < 1.29 is 0 Å². The topological polar surface area (TPSA) is 40.7 Å². The molecule has 1 aromatic heterocycles. The van der Waals surface area contributed by atoms with E-state index in [0.717, 1.165) is 12.4 Å². The second-order valence-corrected chi connectivity index (χ2v) is 3.47. The van der Waals surface area contributed by atoms with Crippen molar-refractivity contribution in [1.29, 1.82) is 0 Å². The van der Waals surface area contributed by atoms with E-state index in [1.165, 1.54) is 12.8 Å². The summed E-state index contributed by atoms with van der Waals surface area (Å²) in [5, 5.41) is 3.48. The number of imidazole rings is 1. The summed E-state index contributed by atoms with van der Waals surface area (Å²) in [5.74, 6) is 1.62. The molecule has 1 fully saturated rings. The lowest BCUT2D eigenvalue weighted by atomic mass is 10.0. The van der Waals surface area contributed by atoms with Gasteiger partial charge in [0.25, 0.3) is 0 Å². The summed E-state index contributed by atoms with van der Waals surface area (Å²) in [6.45, 7) is 3.39. The Labute approximate surface area is 72.6 Å². The maximum atomic E-state index is 4.27. The van der Waals surface area contributed by atoms with Gasteiger partial charge in [-0.15, -0.1) is 0 Å². The average molecular weight is 165 g/mol. The van der Waals surface area contributed by atoms with Crippen LogP contribution in [0.1, 0.15) is 31.5 Å². The fourth-order valence-electron chi connectivity index (χ4n) is 1.86. The zero-order valence-electron chi connectivity index (χ0n) is 7.38. The van der Waals surface area contributed by atoms with Gasteiger partial charge in [-0.25, -0.2) is 4.98 Å². The smallest absolute Gasteiger partial charge is 0.110 e. The van der Waals surface area contributed by atoms with E-state index in [0.29, 0.717) is 12.0 Å². The molecule has 2 heterocycles. The zero-order chi connectivity index (χ0) is 8.39. The van der Waals surface area contributed by atoms with Crippen LogP contribution in [0.2, 0.25) is 0 Å². The van der Waals surface area contributed by atoms with Gasteiger partial charge in [0, 0.05) is 24.4 Å². The molecular formula is C9H15N3. The fraction of sp³-hybridized carbons (Fsp3) is 0.667. The highest BCUT2D eigenvalue weighted by atomic mass is 15.0. The SMILES string of the molecule is CC(c1ncc[nH]1)C1CCCN1. The predicted octanol–water partition coefficient (Wildman–Crippen LogP) is 1.27. The highest BCUT2D eigenvalue weighted by Gasteiger charge is 2.23. The monoisotopic (exact) mass is 165 g/mol. The maximum Gasteiger partial charge on any atom is 0.110 e. The molecule has 0 saturated carbocycles. The third kappa shape index (κ3) is 1.37. The van der Waals surface area contributed by atoms with E-state index in [4.69, 9.17) is 0 Å². The molecule has 1 aliphatic heterocycles. The van der Waals surface area contributed by atoms with E-state index in [9.17, 15) is 0 Å². The molecule has 3 heteroatoms. The molecule has 12 heavy (non-hydrogen) atoms. The lowest BCUT2D eigenvalue weighted by Gasteiger charge is -2.16. The van der Waals surface area contributed by atoms with Crippen molar-refractivity contribution in [2.75, 3.05) is 6.54 Å². The van der Waals surface area contributed by atoms with Crippen LogP contribution < -0.4 is 5.32 Å². The van der Waals surface area contributed by atoms with Crippen molar-refractivity contribution in [1.82, 2.24) is 15.3 Å². The molecule has 0 radical (unpaired) electrons. The van der Waals surface area contributed by atoms with Crippen LogP contribution in [-0.2, 0) is 0 Å². The minimum atomic E-state index is 0.516. The molecule has 0 bridgehead atoms. The van der Waals surface area contributed by atoms with E-state index in [-0.39, 0.29) is 0 Å². The Morgan fingerprint density at radius 2 is 2.58 bits per heavy atom. The molecule has 0 aromatic carbocycles. The summed E-state index contributed by atoms with van der Waals surface area (Å²) in [6.07, 6.45) is 6.29. The first kappa shape index (κ1) is 7.80. The van der Waals surface area contributed by atoms with Crippen LogP contribution in [0.25, 0.3) is 0 Å². The van der Waals surface area contributed by atoms with E-state index < -0.39 is 0 Å². The van der Waals surface area contributed by atoms with Gasteiger partial charge in [0.05, 0.1) is 0 Å². The van der Waals surface area contributed by atoms with Gasteiger partial charge in [0.15, 0.2) is 0 Å². The number of hydrogen-bond acceptors (Lipinski definition) is 2. The van der Waals surface area contributed by atoms with Gasteiger partial charge in [-0.1, -0.05) is 6.92 Å². The molecule has 1 aromatic rings. The van der Waals surface area contributed by atoms with E-state index in [2.05, 4.69) is 22.2 Å². The van der Waals surface area contributed by atoms with Crippen molar-refractivity contribution in [3.05, 3.63) is 18.2 Å². The number of nitrogens with zero attached hydrogens (tertiary/aromatic N) is 1. The minimum absolute atomic E-state index is 0.516. The lowest BCUT2D eigenvalue weighted by molar-refractivity contribution is 0.501. The molecule has 66 valence electrons. The number of H-pyrrole nitrogens is 1. The second kappa shape index (κ2) is 3.27. The molecule has 3 nitrogen and oxygen atoms in total. The van der Waals surface area contributed by atoms with Crippen LogP contribution in [0, 0.1) is 0 Å². The first-order chi connectivity index (χ1) is 5.88. The molecular weight excluding hydrogens is 150 g/mol. The highest BCUT2D eigenvalue weighted by Crippen LogP contribution is 2.21. The van der Waals surface area contributed by atoms with Gasteiger partial charge >= 0.3 is 0 Å². The molecule has 2 unspecified atom stereocenters. The molecule has 1 saturated heterocycles. The van der Waals surface area contributed by atoms with E-state index in [1.807, 2.05) is 12.4 Å². The van der Waals surface area contributed by atoms with Gasteiger partial charge in [-0.3, -0.25) is 0 Å². The number of nitrogens with one attached hydrogen (secondary N) is 2. The van der Waals surface area contributed by atoms with Gasteiger partial charge < -0.3 is 10.3 Å². The van der Waals surface area contributed by atoms with Crippen molar-refractivity contribution in [3.8, 4) is 0 Å². The Bertz CT molecular complexity index is 224. The van der Waals surface area contributed by atoms with Crippen molar-refractivity contribution in [2.45, 2.75) is 31.7 Å². The number of aromatic amines is 1. The highest BCUT2D eigenvalue weighted by molar-refractivity contribution is 5.01. The third-order valence-corrected chi connectivity index (χ3v) is 2.65.